The molecule has 5 rings (SSSR count). The molecule has 33 heavy (non-hydrogen) atoms. The smallest absolute Gasteiger partial charge is 0.147 e. The van der Waals surface area contributed by atoms with Crippen molar-refractivity contribution in [2.75, 3.05) is 43.5 Å². The molecule has 4 heterocycles. The first-order valence-corrected chi connectivity index (χ1v) is 11.9. The Morgan fingerprint density at radius 3 is 2.45 bits per heavy atom. The molecule has 0 spiro atoms. The number of piperidine rings is 1. The molecule has 1 saturated carbocycles. The van der Waals surface area contributed by atoms with Crippen molar-refractivity contribution in [3.05, 3.63) is 42.6 Å². The molecule has 1 atom stereocenters. The second kappa shape index (κ2) is 10.7. The van der Waals surface area contributed by atoms with E-state index >= 15 is 0 Å². The molecule has 1 saturated heterocycles. The number of aromatic nitrogens is 6. The van der Waals surface area contributed by atoms with Crippen LogP contribution in [0.15, 0.2) is 36.9 Å². The van der Waals surface area contributed by atoms with Gasteiger partial charge in [0.2, 0.25) is 0 Å². The summed E-state index contributed by atoms with van der Waals surface area (Å²) >= 11 is 0. The van der Waals surface area contributed by atoms with E-state index in [0.29, 0.717) is 11.4 Å². The van der Waals surface area contributed by atoms with E-state index in [0.717, 1.165) is 37.1 Å². The lowest BCUT2D eigenvalue weighted by molar-refractivity contribution is 0.531. The number of rotatable bonds is 6. The van der Waals surface area contributed by atoms with Crippen LogP contribution in [0.2, 0.25) is 0 Å². The number of hydrogen-bond donors (Lipinski definition) is 1. The topological polar surface area (TPSA) is 102 Å². The highest BCUT2D eigenvalue weighted by Crippen LogP contribution is 2.26. The first kappa shape index (κ1) is 23.1. The lowest BCUT2D eigenvalue weighted by atomic mass is 10.1. The van der Waals surface area contributed by atoms with Crippen LogP contribution in [0.3, 0.4) is 0 Å². The van der Waals surface area contributed by atoms with Crippen LogP contribution >= 0.6 is 0 Å². The van der Waals surface area contributed by atoms with E-state index in [2.05, 4.69) is 49.2 Å². The SMILES string of the molecule is CC(c1ccc(N2CCCCC2)cn1)n1cc(-c2cncc(N(C)C)n2)nn1.NCC1CC1. The van der Waals surface area contributed by atoms with Gasteiger partial charge in [0.1, 0.15) is 17.2 Å². The quantitative estimate of drug-likeness (QED) is 0.612. The van der Waals surface area contributed by atoms with Crippen molar-refractivity contribution in [3.63, 3.8) is 0 Å². The van der Waals surface area contributed by atoms with Gasteiger partial charge in [-0.3, -0.25) is 9.97 Å². The van der Waals surface area contributed by atoms with Gasteiger partial charge in [0.15, 0.2) is 0 Å². The van der Waals surface area contributed by atoms with Crippen molar-refractivity contribution in [1.29, 1.82) is 0 Å². The largest absolute Gasteiger partial charge is 0.370 e. The number of nitrogens with two attached hydrogens (primary N) is 1. The minimum atomic E-state index is -0.0124. The number of nitrogens with zero attached hydrogens (tertiary/aromatic N) is 8. The summed E-state index contributed by atoms with van der Waals surface area (Å²) in [4.78, 5) is 17.8. The molecule has 9 heteroatoms. The van der Waals surface area contributed by atoms with Gasteiger partial charge in [0.25, 0.3) is 0 Å². The highest BCUT2D eigenvalue weighted by Gasteiger charge is 2.18. The fourth-order valence-corrected chi connectivity index (χ4v) is 3.75. The van der Waals surface area contributed by atoms with Crippen LogP contribution < -0.4 is 15.5 Å². The molecule has 1 unspecified atom stereocenters. The Labute approximate surface area is 196 Å². The number of hydrogen-bond acceptors (Lipinski definition) is 8. The first-order chi connectivity index (χ1) is 16.0. The molecular weight excluding hydrogens is 414 g/mol. The molecule has 3 aromatic rings. The van der Waals surface area contributed by atoms with Gasteiger partial charge >= 0.3 is 0 Å². The Bertz CT molecular complexity index is 1000. The molecule has 9 nitrogen and oxygen atoms in total. The summed E-state index contributed by atoms with van der Waals surface area (Å²) in [6.07, 6.45) is 13.9. The molecule has 0 bridgehead atoms. The monoisotopic (exact) mass is 449 g/mol. The average Bonchev–Trinajstić information content (AvgIpc) is 3.59. The van der Waals surface area contributed by atoms with Crippen molar-refractivity contribution >= 4 is 11.5 Å². The van der Waals surface area contributed by atoms with E-state index in [1.165, 1.54) is 37.8 Å². The van der Waals surface area contributed by atoms with Crippen molar-refractivity contribution in [2.45, 2.75) is 45.1 Å². The lowest BCUT2D eigenvalue weighted by Crippen LogP contribution is -2.29. The van der Waals surface area contributed by atoms with Crippen LogP contribution in [-0.4, -0.2) is 63.7 Å². The Hall–Kier alpha value is -3.07. The second-order valence-electron chi connectivity index (χ2n) is 9.08. The zero-order valence-electron chi connectivity index (χ0n) is 19.9. The maximum absolute atomic E-state index is 5.23. The normalized spacial score (nSPS) is 16.7. The first-order valence-electron chi connectivity index (χ1n) is 11.9. The van der Waals surface area contributed by atoms with Crippen LogP contribution in [0.1, 0.15) is 50.8 Å². The minimum absolute atomic E-state index is 0.0124. The molecule has 2 aliphatic rings. The van der Waals surface area contributed by atoms with Crippen molar-refractivity contribution in [2.24, 2.45) is 11.7 Å². The summed E-state index contributed by atoms with van der Waals surface area (Å²) in [7, 11) is 3.87. The molecular formula is C24H35N9. The van der Waals surface area contributed by atoms with Gasteiger partial charge in [-0.2, -0.15) is 0 Å². The highest BCUT2D eigenvalue weighted by molar-refractivity contribution is 5.54. The lowest BCUT2D eigenvalue weighted by Gasteiger charge is -2.28. The van der Waals surface area contributed by atoms with Gasteiger partial charge in [-0.15, -0.1) is 5.10 Å². The Balaban J connectivity index is 0.000000459. The molecule has 2 fully saturated rings. The molecule has 0 radical (unpaired) electrons. The maximum Gasteiger partial charge on any atom is 0.147 e. The van der Waals surface area contributed by atoms with Gasteiger partial charge in [0.05, 0.1) is 42.2 Å². The molecule has 1 aliphatic carbocycles. The van der Waals surface area contributed by atoms with Gasteiger partial charge in [-0.05, 0) is 63.6 Å². The van der Waals surface area contributed by atoms with Gasteiger partial charge in [-0.25, -0.2) is 9.67 Å². The fraction of sp³-hybridized carbons (Fsp3) is 0.542. The summed E-state index contributed by atoms with van der Waals surface area (Å²) < 4.78 is 1.82. The minimum Gasteiger partial charge on any atom is -0.370 e. The maximum atomic E-state index is 5.23. The average molecular weight is 450 g/mol. The second-order valence-corrected chi connectivity index (χ2v) is 9.08. The Morgan fingerprint density at radius 1 is 1.06 bits per heavy atom. The van der Waals surface area contributed by atoms with E-state index in [1.54, 1.807) is 12.4 Å². The van der Waals surface area contributed by atoms with Crippen molar-refractivity contribution in [3.8, 4) is 11.4 Å². The van der Waals surface area contributed by atoms with Crippen LogP contribution in [0.25, 0.3) is 11.4 Å². The predicted octanol–water partition coefficient (Wildman–Crippen LogP) is 3.15. The zero-order chi connectivity index (χ0) is 23.2. The molecule has 3 aromatic heterocycles. The zero-order valence-corrected chi connectivity index (χ0v) is 19.9. The summed E-state index contributed by atoms with van der Waals surface area (Å²) in [5.41, 5.74) is 8.81. The standard InChI is InChI=1S/C20H26N8.C4H9N/c1-15(17-8-7-16(11-22-17)27-9-5-4-6-10-27)28-14-19(24-25-28)18-12-21-13-20(23-18)26(2)3;5-3-4-1-2-4/h7-8,11-15H,4-6,9-10H2,1-3H3;4H,1-3,5H2. The van der Waals surface area contributed by atoms with Crippen molar-refractivity contribution < 1.29 is 0 Å². The van der Waals surface area contributed by atoms with Crippen LogP contribution in [0, 0.1) is 5.92 Å². The summed E-state index contributed by atoms with van der Waals surface area (Å²) in [5.74, 6) is 1.70. The van der Waals surface area contributed by atoms with Gasteiger partial charge < -0.3 is 15.5 Å². The molecule has 0 aromatic carbocycles. The third-order valence-corrected chi connectivity index (χ3v) is 6.20. The number of pyridine rings is 1. The summed E-state index contributed by atoms with van der Waals surface area (Å²) in [6.45, 7) is 5.23. The van der Waals surface area contributed by atoms with E-state index in [-0.39, 0.29) is 6.04 Å². The van der Waals surface area contributed by atoms with Gasteiger partial charge in [-0.1, -0.05) is 5.21 Å². The van der Waals surface area contributed by atoms with E-state index in [1.807, 2.05) is 36.1 Å². The molecule has 176 valence electrons. The highest BCUT2D eigenvalue weighted by atomic mass is 15.4. The van der Waals surface area contributed by atoms with Gasteiger partial charge in [0, 0.05) is 27.2 Å². The third kappa shape index (κ3) is 6.04. The summed E-state index contributed by atoms with van der Waals surface area (Å²) in [5, 5.41) is 8.57. The molecule has 1 aliphatic heterocycles. The Morgan fingerprint density at radius 2 is 1.85 bits per heavy atom. The molecule has 0 amide bonds. The third-order valence-electron chi connectivity index (χ3n) is 6.20. The van der Waals surface area contributed by atoms with E-state index < -0.39 is 0 Å². The van der Waals surface area contributed by atoms with Crippen LogP contribution in [0.4, 0.5) is 11.5 Å². The van der Waals surface area contributed by atoms with E-state index in [4.69, 9.17) is 5.73 Å². The number of anilines is 2. The fourth-order valence-electron chi connectivity index (χ4n) is 3.75. The summed E-state index contributed by atoms with van der Waals surface area (Å²) in [6, 6.07) is 4.23. The Kier molecular flexibility index (Phi) is 7.49. The predicted molar refractivity (Wildman–Crippen MR) is 131 cm³/mol. The van der Waals surface area contributed by atoms with Crippen LogP contribution in [-0.2, 0) is 0 Å². The van der Waals surface area contributed by atoms with E-state index in [9.17, 15) is 0 Å². The van der Waals surface area contributed by atoms with Crippen LogP contribution in [0.5, 0.6) is 0 Å². The van der Waals surface area contributed by atoms with Crippen molar-refractivity contribution in [1.82, 2.24) is 29.9 Å². The molecule has 2 N–H and O–H groups in total.